The van der Waals surface area contributed by atoms with Gasteiger partial charge in [-0.05, 0) is 35.4 Å². The third-order valence-corrected chi connectivity index (χ3v) is 4.28. The van der Waals surface area contributed by atoms with Gasteiger partial charge in [0.1, 0.15) is 12.7 Å². The Morgan fingerprint density at radius 2 is 1.83 bits per heavy atom. The van der Waals surface area contributed by atoms with Crippen LogP contribution in [0.15, 0.2) is 84.7 Å². The molecule has 0 bridgehead atoms. The van der Waals surface area contributed by atoms with Crippen LogP contribution >= 0.6 is 0 Å². The summed E-state index contributed by atoms with van der Waals surface area (Å²) in [5.41, 5.74) is 0.350. The standard InChI is InChI=1S/C23H18F3NO3/c24-23(25,26)19-10-4-8-17(12-19)15-30-22(29)20(13-16-6-2-1-3-7-16)21(28)18-9-5-11-27-14-18/h1-14,21,28H,15H2/b20-13+. The SMILES string of the molecule is O=C(OCc1cccc(C(F)(F)F)c1)/C(=C/c1ccccc1)C(O)c1cccnc1. The summed E-state index contributed by atoms with van der Waals surface area (Å²) in [5, 5.41) is 10.7. The number of pyridine rings is 1. The van der Waals surface area contributed by atoms with E-state index in [1.165, 1.54) is 30.6 Å². The number of aliphatic hydroxyl groups excluding tert-OH is 1. The molecule has 3 aromatic rings. The van der Waals surface area contributed by atoms with Crippen molar-refractivity contribution in [2.45, 2.75) is 18.9 Å². The highest BCUT2D eigenvalue weighted by atomic mass is 19.4. The van der Waals surface area contributed by atoms with E-state index < -0.39 is 23.8 Å². The number of halogens is 3. The minimum absolute atomic E-state index is 0.0545. The van der Waals surface area contributed by atoms with E-state index in [0.717, 1.165) is 12.1 Å². The van der Waals surface area contributed by atoms with Gasteiger partial charge in [0, 0.05) is 18.0 Å². The molecule has 3 rings (SSSR count). The van der Waals surface area contributed by atoms with Crippen LogP contribution in [0, 0.1) is 0 Å². The monoisotopic (exact) mass is 413 g/mol. The van der Waals surface area contributed by atoms with Crippen LogP contribution in [0.4, 0.5) is 13.2 Å². The predicted molar refractivity (Wildman–Crippen MR) is 105 cm³/mol. The largest absolute Gasteiger partial charge is 0.457 e. The minimum atomic E-state index is -4.49. The molecule has 30 heavy (non-hydrogen) atoms. The van der Waals surface area contributed by atoms with E-state index >= 15 is 0 Å². The molecule has 7 heteroatoms. The zero-order chi connectivity index (χ0) is 21.6. The maximum absolute atomic E-state index is 12.9. The second kappa shape index (κ2) is 9.37. The highest BCUT2D eigenvalue weighted by Gasteiger charge is 2.30. The highest BCUT2D eigenvalue weighted by molar-refractivity contribution is 5.95. The Morgan fingerprint density at radius 3 is 2.50 bits per heavy atom. The number of aromatic nitrogens is 1. The molecule has 1 aromatic heterocycles. The smallest absolute Gasteiger partial charge is 0.416 e. The van der Waals surface area contributed by atoms with E-state index in [-0.39, 0.29) is 17.7 Å². The molecule has 0 aliphatic heterocycles. The third-order valence-electron chi connectivity index (χ3n) is 4.28. The Balaban J connectivity index is 1.83. The summed E-state index contributed by atoms with van der Waals surface area (Å²) in [5.74, 6) is -0.840. The van der Waals surface area contributed by atoms with Crippen molar-refractivity contribution in [1.29, 1.82) is 0 Å². The van der Waals surface area contributed by atoms with E-state index in [1.54, 1.807) is 42.5 Å². The van der Waals surface area contributed by atoms with Gasteiger partial charge < -0.3 is 9.84 Å². The first kappa shape index (κ1) is 21.3. The summed E-state index contributed by atoms with van der Waals surface area (Å²) in [4.78, 5) is 16.7. The molecule has 0 fully saturated rings. The molecule has 0 aliphatic rings. The molecule has 1 heterocycles. The van der Waals surface area contributed by atoms with Crippen LogP contribution in [0.2, 0.25) is 0 Å². The van der Waals surface area contributed by atoms with Crippen molar-refractivity contribution >= 4 is 12.0 Å². The summed E-state index contributed by atoms with van der Waals surface area (Å²) in [6, 6.07) is 16.6. The molecule has 1 unspecified atom stereocenters. The van der Waals surface area contributed by atoms with E-state index in [4.69, 9.17) is 4.74 Å². The van der Waals surface area contributed by atoms with Crippen molar-refractivity contribution in [2.24, 2.45) is 0 Å². The van der Waals surface area contributed by atoms with Crippen LogP contribution in [0.25, 0.3) is 6.08 Å². The quantitative estimate of drug-likeness (QED) is 0.458. The van der Waals surface area contributed by atoms with Crippen molar-refractivity contribution in [3.8, 4) is 0 Å². The number of ether oxygens (including phenoxy) is 1. The van der Waals surface area contributed by atoms with Gasteiger partial charge in [-0.3, -0.25) is 4.98 Å². The Morgan fingerprint density at radius 1 is 1.07 bits per heavy atom. The van der Waals surface area contributed by atoms with Gasteiger partial charge in [-0.15, -0.1) is 0 Å². The molecule has 0 radical (unpaired) electrons. The fourth-order valence-electron chi connectivity index (χ4n) is 2.77. The topological polar surface area (TPSA) is 59.4 Å². The number of hydrogen-bond acceptors (Lipinski definition) is 4. The number of aliphatic hydroxyl groups is 1. The molecule has 0 spiro atoms. The lowest BCUT2D eigenvalue weighted by molar-refractivity contribution is -0.141. The predicted octanol–water partition coefficient (Wildman–Crippen LogP) is 4.96. The number of rotatable bonds is 6. The second-order valence-electron chi connectivity index (χ2n) is 6.47. The van der Waals surface area contributed by atoms with Gasteiger partial charge in [-0.1, -0.05) is 48.5 Å². The minimum Gasteiger partial charge on any atom is -0.457 e. The fourth-order valence-corrected chi connectivity index (χ4v) is 2.77. The molecular formula is C23H18F3NO3. The zero-order valence-electron chi connectivity index (χ0n) is 15.7. The average Bonchev–Trinajstić information content (AvgIpc) is 2.76. The Kier molecular flexibility index (Phi) is 6.64. The Bertz CT molecular complexity index is 1020. The molecule has 0 aliphatic carbocycles. The molecule has 1 atom stereocenters. The Hall–Kier alpha value is -3.45. The molecule has 0 saturated heterocycles. The zero-order valence-corrected chi connectivity index (χ0v) is 15.7. The lowest BCUT2D eigenvalue weighted by Crippen LogP contribution is -2.15. The van der Waals surface area contributed by atoms with Crippen molar-refractivity contribution in [3.63, 3.8) is 0 Å². The normalized spacial score (nSPS) is 13.0. The van der Waals surface area contributed by atoms with E-state index in [0.29, 0.717) is 11.1 Å². The maximum Gasteiger partial charge on any atom is 0.416 e. The van der Waals surface area contributed by atoms with Gasteiger partial charge in [0.15, 0.2) is 0 Å². The number of benzene rings is 2. The first-order valence-corrected chi connectivity index (χ1v) is 9.02. The number of carbonyl (C=O) groups is 1. The molecule has 0 saturated carbocycles. The van der Waals surface area contributed by atoms with Crippen LogP contribution < -0.4 is 0 Å². The summed E-state index contributed by atoms with van der Waals surface area (Å²) >= 11 is 0. The van der Waals surface area contributed by atoms with Crippen molar-refractivity contribution in [2.75, 3.05) is 0 Å². The number of alkyl halides is 3. The molecule has 2 aromatic carbocycles. The average molecular weight is 413 g/mol. The number of esters is 1. The molecule has 0 amide bonds. The van der Waals surface area contributed by atoms with Crippen molar-refractivity contribution in [1.82, 2.24) is 4.98 Å². The van der Waals surface area contributed by atoms with Gasteiger partial charge in [-0.2, -0.15) is 13.2 Å². The van der Waals surface area contributed by atoms with Crippen LogP contribution in [-0.2, 0) is 22.3 Å². The summed E-state index contributed by atoms with van der Waals surface area (Å²) < 4.78 is 43.8. The van der Waals surface area contributed by atoms with Gasteiger partial charge in [0.2, 0.25) is 0 Å². The number of carbonyl (C=O) groups excluding carboxylic acids is 1. The number of hydrogen-bond donors (Lipinski definition) is 1. The van der Waals surface area contributed by atoms with E-state index in [9.17, 15) is 23.1 Å². The van der Waals surface area contributed by atoms with Crippen LogP contribution in [0.5, 0.6) is 0 Å². The van der Waals surface area contributed by atoms with Crippen LogP contribution in [-0.4, -0.2) is 16.1 Å². The number of nitrogens with zero attached hydrogens (tertiary/aromatic N) is 1. The molecular weight excluding hydrogens is 395 g/mol. The first-order valence-electron chi connectivity index (χ1n) is 9.02. The maximum atomic E-state index is 12.9. The van der Waals surface area contributed by atoms with Gasteiger partial charge in [0.25, 0.3) is 0 Å². The molecule has 1 N–H and O–H groups in total. The molecule has 4 nitrogen and oxygen atoms in total. The van der Waals surface area contributed by atoms with Crippen LogP contribution in [0.3, 0.4) is 0 Å². The van der Waals surface area contributed by atoms with Gasteiger partial charge in [0.05, 0.1) is 11.1 Å². The Labute approximate surface area is 171 Å². The molecule has 154 valence electrons. The van der Waals surface area contributed by atoms with E-state index in [1.807, 2.05) is 0 Å². The lowest BCUT2D eigenvalue weighted by atomic mass is 10.0. The van der Waals surface area contributed by atoms with Crippen molar-refractivity contribution < 1.29 is 27.8 Å². The van der Waals surface area contributed by atoms with E-state index in [2.05, 4.69) is 4.98 Å². The van der Waals surface area contributed by atoms with Crippen LogP contribution in [0.1, 0.15) is 28.4 Å². The van der Waals surface area contributed by atoms with Crippen molar-refractivity contribution in [3.05, 3.63) is 107 Å². The lowest BCUT2D eigenvalue weighted by Gasteiger charge is -2.15. The highest BCUT2D eigenvalue weighted by Crippen LogP contribution is 2.30. The summed E-state index contributed by atoms with van der Waals surface area (Å²) in [6.07, 6.45) is -1.37. The third kappa shape index (κ3) is 5.55. The summed E-state index contributed by atoms with van der Waals surface area (Å²) in [7, 11) is 0. The second-order valence-corrected chi connectivity index (χ2v) is 6.47. The van der Waals surface area contributed by atoms with Gasteiger partial charge >= 0.3 is 12.1 Å². The summed E-state index contributed by atoms with van der Waals surface area (Å²) in [6.45, 7) is -0.366. The first-order chi connectivity index (χ1) is 14.3. The van der Waals surface area contributed by atoms with Gasteiger partial charge in [-0.25, -0.2) is 4.79 Å². The fraction of sp³-hybridized carbons (Fsp3) is 0.130.